The summed E-state index contributed by atoms with van der Waals surface area (Å²) in [5.41, 5.74) is 1.47. The Balaban J connectivity index is 1.76. The number of carbonyl (C=O) groups is 1. The number of aryl methyl sites for hydroxylation is 1. The van der Waals surface area contributed by atoms with Crippen molar-refractivity contribution in [2.24, 2.45) is 0 Å². The van der Waals surface area contributed by atoms with Gasteiger partial charge in [-0.1, -0.05) is 81.7 Å². The summed E-state index contributed by atoms with van der Waals surface area (Å²) in [5.74, 6) is 0.0901. The molecule has 22 heavy (non-hydrogen) atoms. The molecule has 0 heterocycles. The Hall–Kier alpha value is -1.31. The van der Waals surface area contributed by atoms with Gasteiger partial charge in [0.25, 0.3) is 0 Å². The molecule has 1 amide bonds. The average molecular weight is 303 g/mol. The van der Waals surface area contributed by atoms with Crippen LogP contribution in [0.3, 0.4) is 0 Å². The van der Waals surface area contributed by atoms with Gasteiger partial charge in [-0.3, -0.25) is 4.79 Å². The first-order valence-corrected chi connectivity index (χ1v) is 9.07. The largest absolute Gasteiger partial charge is 0.356 e. The SMILES string of the molecule is CC(=O)NCCCCCCCCCCCCc1ccccc1. The number of nitrogens with one attached hydrogen (secondary N) is 1. The molecule has 0 aromatic heterocycles. The van der Waals surface area contributed by atoms with Crippen LogP contribution < -0.4 is 5.32 Å². The molecule has 2 nitrogen and oxygen atoms in total. The van der Waals surface area contributed by atoms with E-state index in [4.69, 9.17) is 0 Å². The molecule has 1 N–H and O–H groups in total. The molecular formula is C20H33NO. The zero-order valence-corrected chi connectivity index (χ0v) is 14.3. The number of rotatable bonds is 13. The van der Waals surface area contributed by atoms with Gasteiger partial charge < -0.3 is 5.32 Å². The third-order valence-corrected chi connectivity index (χ3v) is 4.11. The maximum Gasteiger partial charge on any atom is 0.216 e. The fraction of sp³-hybridized carbons (Fsp3) is 0.650. The summed E-state index contributed by atoms with van der Waals surface area (Å²) >= 11 is 0. The maximum absolute atomic E-state index is 10.7. The first kappa shape index (κ1) is 18.7. The Morgan fingerprint density at radius 3 is 1.82 bits per heavy atom. The van der Waals surface area contributed by atoms with Gasteiger partial charge in [-0.2, -0.15) is 0 Å². The Labute approximate surface area is 136 Å². The van der Waals surface area contributed by atoms with Crippen molar-refractivity contribution in [3.05, 3.63) is 35.9 Å². The fourth-order valence-electron chi connectivity index (χ4n) is 2.78. The first-order valence-electron chi connectivity index (χ1n) is 9.07. The molecule has 0 aliphatic rings. The van der Waals surface area contributed by atoms with Crippen molar-refractivity contribution in [1.82, 2.24) is 5.32 Å². The lowest BCUT2D eigenvalue weighted by molar-refractivity contribution is -0.118. The molecule has 0 saturated heterocycles. The Bertz CT molecular complexity index is 375. The molecule has 0 radical (unpaired) electrons. The predicted molar refractivity (Wildman–Crippen MR) is 95.0 cm³/mol. The summed E-state index contributed by atoms with van der Waals surface area (Å²) in [6.45, 7) is 2.43. The van der Waals surface area contributed by atoms with Crippen LogP contribution in [0.15, 0.2) is 30.3 Å². The van der Waals surface area contributed by atoms with Gasteiger partial charge in [0.2, 0.25) is 5.91 Å². The molecule has 1 aromatic rings. The van der Waals surface area contributed by atoms with Crippen molar-refractivity contribution in [1.29, 1.82) is 0 Å². The van der Waals surface area contributed by atoms with Crippen LogP contribution in [0, 0.1) is 0 Å². The monoisotopic (exact) mass is 303 g/mol. The summed E-state index contributed by atoms with van der Waals surface area (Å²) in [7, 11) is 0. The molecule has 2 heteroatoms. The van der Waals surface area contributed by atoms with E-state index in [0.29, 0.717) is 0 Å². The zero-order chi connectivity index (χ0) is 15.9. The lowest BCUT2D eigenvalue weighted by Crippen LogP contribution is -2.20. The van der Waals surface area contributed by atoms with E-state index in [0.717, 1.165) is 13.0 Å². The normalized spacial score (nSPS) is 10.6. The standard InChI is InChI=1S/C20H33NO/c1-19(22)21-18-14-9-7-5-3-2-4-6-8-11-15-20-16-12-10-13-17-20/h10,12-13,16-17H,2-9,11,14-15,18H2,1H3,(H,21,22). The molecule has 0 bridgehead atoms. The molecule has 0 spiro atoms. The highest BCUT2D eigenvalue weighted by molar-refractivity contribution is 5.72. The second-order valence-electron chi connectivity index (χ2n) is 6.25. The van der Waals surface area contributed by atoms with Crippen molar-refractivity contribution in [3.8, 4) is 0 Å². The van der Waals surface area contributed by atoms with E-state index in [1.165, 1.54) is 69.8 Å². The third-order valence-electron chi connectivity index (χ3n) is 4.11. The fourth-order valence-corrected chi connectivity index (χ4v) is 2.78. The minimum absolute atomic E-state index is 0.0901. The van der Waals surface area contributed by atoms with E-state index in [1.807, 2.05) is 0 Å². The van der Waals surface area contributed by atoms with E-state index >= 15 is 0 Å². The van der Waals surface area contributed by atoms with Crippen molar-refractivity contribution >= 4 is 5.91 Å². The Kier molecular flexibility index (Phi) is 11.4. The molecular weight excluding hydrogens is 270 g/mol. The number of hydrogen-bond donors (Lipinski definition) is 1. The second-order valence-corrected chi connectivity index (χ2v) is 6.25. The van der Waals surface area contributed by atoms with Crippen LogP contribution in [0.25, 0.3) is 0 Å². The van der Waals surface area contributed by atoms with Crippen LogP contribution in [-0.2, 0) is 11.2 Å². The van der Waals surface area contributed by atoms with Crippen LogP contribution in [0.4, 0.5) is 0 Å². The van der Waals surface area contributed by atoms with Crippen molar-refractivity contribution in [3.63, 3.8) is 0 Å². The van der Waals surface area contributed by atoms with Crippen LogP contribution in [0.5, 0.6) is 0 Å². The van der Waals surface area contributed by atoms with E-state index in [9.17, 15) is 4.79 Å². The minimum Gasteiger partial charge on any atom is -0.356 e. The first-order chi connectivity index (χ1) is 10.8. The molecule has 0 saturated carbocycles. The van der Waals surface area contributed by atoms with Gasteiger partial charge in [0.05, 0.1) is 0 Å². The van der Waals surface area contributed by atoms with Crippen molar-refractivity contribution < 1.29 is 4.79 Å². The molecule has 0 unspecified atom stereocenters. The molecule has 0 fully saturated rings. The molecule has 0 atom stereocenters. The number of benzene rings is 1. The second kappa shape index (κ2) is 13.4. The highest BCUT2D eigenvalue weighted by Gasteiger charge is 1.95. The summed E-state index contributed by atoms with van der Waals surface area (Å²) < 4.78 is 0. The average Bonchev–Trinajstić information content (AvgIpc) is 2.52. The molecule has 1 aromatic carbocycles. The highest BCUT2D eigenvalue weighted by Crippen LogP contribution is 2.12. The van der Waals surface area contributed by atoms with Crippen LogP contribution in [-0.4, -0.2) is 12.5 Å². The van der Waals surface area contributed by atoms with E-state index in [-0.39, 0.29) is 5.91 Å². The van der Waals surface area contributed by atoms with Crippen LogP contribution >= 0.6 is 0 Å². The summed E-state index contributed by atoms with van der Waals surface area (Å²) in [6.07, 6.45) is 14.5. The molecule has 0 aliphatic carbocycles. The van der Waals surface area contributed by atoms with E-state index < -0.39 is 0 Å². The quantitative estimate of drug-likeness (QED) is 0.494. The predicted octanol–water partition coefficient (Wildman–Crippen LogP) is 5.27. The van der Waals surface area contributed by atoms with Crippen LogP contribution in [0.2, 0.25) is 0 Å². The summed E-state index contributed by atoms with van der Waals surface area (Å²) in [4.78, 5) is 10.7. The minimum atomic E-state index is 0.0901. The van der Waals surface area contributed by atoms with Gasteiger partial charge in [0.15, 0.2) is 0 Å². The topological polar surface area (TPSA) is 29.1 Å². The lowest BCUT2D eigenvalue weighted by atomic mass is 10.0. The molecule has 0 aliphatic heterocycles. The zero-order valence-electron chi connectivity index (χ0n) is 14.3. The molecule has 1 rings (SSSR count). The maximum atomic E-state index is 10.7. The Morgan fingerprint density at radius 2 is 1.27 bits per heavy atom. The van der Waals surface area contributed by atoms with Gasteiger partial charge in [-0.05, 0) is 24.8 Å². The number of amides is 1. The van der Waals surface area contributed by atoms with Gasteiger partial charge >= 0.3 is 0 Å². The van der Waals surface area contributed by atoms with Gasteiger partial charge in [-0.15, -0.1) is 0 Å². The number of hydrogen-bond acceptors (Lipinski definition) is 1. The molecule has 124 valence electrons. The number of unbranched alkanes of at least 4 members (excludes halogenated alkanes) is 9. The lowest BCUT2D eigenvalue weighted by Gasteiger charge is -2.04. The van der Waals surface area contributed by atoms with Crippen molar-refractivity contribution in [2.75, 3.05) is 6.54 Å². The highest BCUT2D eigenvalue weighted by atomic mass is 16.1. The van der Waals surface area contributed by atoms with Crippen molar-refractivity contribution in [2.45, 2.75) is 77.6 Å². The van der Waals surface area contributed by atoms with Crippen LogP contribution in [0.1, 0.15) is 76.7 Å². The summed E-state index contributed by atoms with van der Waals surface area (Å²) in [6, 6.07) is 10.8. The smallest absolute Gasteiger partial charge is 0.216 e. The third kappa shape index (κ3) is 11.4. The Morgan fingerprint density at radius 1 is 0.773 bits per heavy atom. The van der Waals surface area contributed by atoms with Gasteiger partial charge in [0.1, 0.15) is 0 Å². The van der Waals surface area contributed by atoms with Gasteiger partial charge in [0, 0.05) is 13.5 Å². The van der Waals surface area contributed by atoms with E-state index in [1.54, 1.807) is 6.92 Å². The van der Waals surface area contributed by atoms with Gasteiger partial charge in [-0.25, -0.2) is 0 Å². The van der Waals surface area contributed by atoms with E-state index in [2.05, 4.69) is 35.6 Å². The summed E-state index contributed by atoms with van der Waals surface area (Å²) in [5, 5.41) is 2.85. The number of carbonyl (C=O) groups excluding carboxylic acids is 1.